The molecule has 0 aliphatic carbocycles. The molecule has 0 aliphatic rings. The maximum atomic E-state index is 13.4. The Kier molecular flexibility index (Phi) is 7.74. The van der Waals surface area contributed by atoms with E-state index in [2.05, 4.69) is 5.32 Å². The Morgan fingerprint density at radius 2 is 1.63 bits per heavy atom. The van der Waals surface area contributed by atoms with E-state index in [-0.39, 0.29) is 28.4 Å². The zero-order valence-electron chi connectivity index (χ0n) is 19.1. The number of nitrogens with one attached hydrogen (secondary N) is 1. The van der Waals surface area contributed by atoms with Gasteiger partial charge in [-0.25, -0.2) is 13.2 Å². The second kappa shape index (κ2) is 10.4. The predicted molar refractivity (Wildman–Crippen MR) is 128 cm³/mol. The molecular formula is C25H25F3N2O4S. The fourth-order valence-electron chi connectivity index (χ4n) is 3.59. The maximum Gasteiger partial charge on any atom is 0.416 e. The van der Waals surface area contributed by atoms with E-state index in [1.165, 1.54) is 24.3 Å². The first-order chi connectivity index (χ1) is 16.4. The number of anilines is 2. The van der Waals surface area contributed by atoms with Gasteiger partial charge in [0.05, 0.1) is 27.4 Å². The van der Waals surface area contributed by atoms with Gasteiger partial charge in [0.2, 0.25) is 0 Å². The first-order valence-corrected chi connectivity index (χ1v) is 12.2. The first kappa shape index (κ1) is 26.1. The third kappa shape index (κ3) is 6.13. The second-order valence-electron chi connectivity index (χ2n) is 8.12. The molecule has 0 heterocycles. The minimum atomic E-state index is -4.61. The highest BCUT2D eigenvalue weighted by molar-refractivity contribution is 7.92. The van der Waals surface area contributed by atoms with Crippen molar-refractivity contribution in [1.29, 1.82) is 0 Å². The van der Waals surface area contributed by atoms with Gasteiger partial charge in [0.15, 0.2) is 0 Å². The molecule has 0 saturated heterocycles. The van der Waals surface area contributed by atoms with Crippen LogP contribution in [0.15, 0.2) is 77.7 Å². The van der Waals surface area contributed by atoms with Gasteiger partial charge in [0.25, 0.3) is 10.0 Å². The van der Waals surface area contributed by atoms with Crippen LogP contribution in [-0.4, -0.2) is 32.1 Å². The van der Waals surface area contributed by atoms with Crippen LogP contribution in [0, 0.1) is 0 Å². The summed E-state index contributed by atoms with van der Waals surface area (Å²) in [5.74, 6) is -1.06. The molecule has 0 aliphatic heterocycles. The van der Waals surface area contributed by atoms with Gasteiger partial charge >= 0.3 is 12.1 Å². The van der Waals surface area contributed by atoms with Crippen molar-refractivity contribution in [2.45, 2.75) is 37.4 Å². The lowest BCUT2D eigenvalue weighted by Gasteiger charge is -2.30. The number of hydrogen-bond acceptors (Lipinski definition) is 4. The van der Waals surface area contributed by atoms with E-state index in [0.717, 1.165) is 28.1 Å². The molecule has 0 radical (unpaired) electrons. The molecule has 0 unspecified atom stereocenters. The van der Waals surface area contributed by atoms with Crippen LogP contribution in [0.25, 0.3) is 0 Å². The number of carboxylic acids is 1. The Labute approximate surface area is 202 Å². The molecule has 3 aromatic rings. The molecule has 0 bridgehead atoms. The summed E-state index contributed by atoms with van der Waals surface area (Å²) in [5.41, 5.74) is 0.109. The Morgan fingerprint density at radius 1 is 1.00 bits per heavy atom. The van der Waals surface area contributed by atoms with E-state index in [1.54, 1.807) is 44.2 Å². The number of halogens is 3. The normalized spacial score (nSPS) is 11.9. The number of nitrogens with zero attached hydrogens (tertiary/aromatic N) is 1. The summed E-state index contributed by atoms with van der Waals surface area (Å²) in [6.07, 6.45) is -4.23. The molecule has 10 heteroatoms. The molecular weight excluding hydrogens is 481 g/mol. The quantitative estimate of drug-likeness (QED) is 0.391. The predicted octanol–water partition coefficient (Wildman–Crippen LogP) is 5.66. The van der Waals surface area contributed by atoms with Crippen LogP contribution in [0.2, 0.25) is 0 Å². The van der Waals surface area contributed by atoms with Crippen LogP contribution < -0.4 is 9.62 Å². The molecule has 0 saturated carbocycles. The van der Waals surface area contributed by atoms with E-state index in [4.69, 9.17) is 5.11 Å². The smallest absolute Gasteiger partial charge is 0.416 e. The van der Waals surface area contributed by atoms with E-state index >= 15 is 0 Å². The monoisotopic (exact) mass is 506 g/mol. The van der Waals surface area contributed by atoms with Crippen molar-refractivity contribution in [3.63, 3.8) is 0 Å². The number of alkyl halides is 3. The highest BCUT2D eigenvalue weighted by Crippen LogP contribution is 2.38. The van der Waals surface area contributed by atoms with Crippen LogP contribution in [0.5, 0.6) is 0 Å². The number of sulfonamides is 1. The third-order valence-electron chi connectivity index (χ3n) is 5.26. The molecule has 0 aromatic heterocycles. The highest BCUT2D eigenvalue weighted by atomic mass is 32.2. The Bertz CT molecular complexity index is 1280. The molecule has 3 aromatic carbocycles. The van der Waals surface area contributed by atoms with Crippen molar-refractivity contribution < 1.29 is 31.5 Å². The summed E-state index contributed by atoms with van der Waals surface area (Å²) >= 11 is 0. The number of carboxylic acid groups (broad SMARTS) is 1. The number of benzene rings is 3. The largest absolute Gasteiger partial charge is 0.478 e. The lowest BCUT2D eigenvalue weighted by molar-refractivity contribution is -0.137. The van der Waals surface area contributed by atoms with Crippen LogP contribution in [0.1, 0.15) is 35.3 Å². The molecule has 3 rings (SSSR count). The van der Waals surface area contributed by atoms with Crippen molar-refractivity contribution in [2.75, 3.05) is 16.2 Å². The molecule has 6 nitrogen and oxygen atoms in total. The number of rotatable bonds is 9. The SMILES string of the molecule is CC(C)N(c1ccc(C(F)(F)F)cc1NCCc1ccc(C(=O)O)cc1)S(=O)(=O)c1ccccc1. The Hall–Kier alpha value is -3.53. The highest BCUT2D eigenvalue weighted by Gasteiger charge is 2.34. The van der Waals surface area contributed by atoms with Crippen molar-refractivity contribution in [1.82, 2.24) is 0 Å². The van der Waals surface area contributed by atoms with Gasteiger partial charge in [-0.1, -0.05) is 30.3 Å². The lowest BCUT2D eigenvalue weighted by Crippen LogP contribution is -2.37. The number of aromatic carboxylic acids is 1. The average molecular weight is 507 g/mol. The summed E-state index contributed by atoms with van der Waals surface area (Å²) in [4.78, 5) is 11.0. The van der Waals surface area contributed by atoms with E-state index in [0.29, 0.717) is 6.42 Å². The van der Waals surface area contributed by atoms with Crippen molar-refractivity contribution in [3.05, 3.63) is 89.5 Å². The van der Waals surface area contributed by atoms with E-state index in [1.807, 2.05) is 0 Å². The average Bonchev–Trinajstić information content (AvgIpc) is 2.80. The molecule has 186 valence electrons. The van der Waals surface area contributed by atoms with Crippen LogP contribution >= 0.6 is 0 Å². The minimum Gasteiger partial charge on any atom is -0.478 e. The molecule has 0 spiro atoms. The van der Waals surface area contributed by atoms with E-state index < -0.39 is 33.8 Å². The molecule has 0 atom stereocenters. The first-order valence-electron chi connectivity index (χ1n) is 10.8. The fraction of sp³-hybridized carbons (Fsp3) is 0.240. The zero-order chi connectivity index (χ0) is 25.8. The van der Waals surface area contributed by atoms with E-state index in [9.17, 15) is 26.4 Å². The van der Waals surface area contributed by atoms with Gasteiger partial charge in [0.1, 0.15) is 0 Å². The van der Waals surface area contributed by atoms with Crippen LogP contribution in [0.3, 0.4) is 0 Å². The van der Waals surface area contributed by atoms with Gasteiger partial charge in [-0.2, -0.15) is 13.2 Å². The number of carbonyl (C=O) groups is 1. The maximum absolute atomic E-state index is 13.4. The van der Waals surface area contributed by atoms with Gasteiger partial charge in [-0.05, 0) is 68.3 Å². The van der Waals surface area contributed by atoms with Crippen molar-refractivity contribution in [2.24, 2.45) is 0 Å². The van der Waals surface area contributed by atoms with Crippen LogP contribution in [0.4, 0.5) is 24.5 Å². The summed E-state index contributed by atoms with van der Waals surface area (Å²) in [6, 6.07) is 16.2. The topological polar surface area (TPSA) is 86.7 Å². The van der Waals surface area contributed by atoms with Crippen molar-refractivity contribution in [3.8, 4) is 0 Å². The van der Waals surface area contributed by atoms with Crippen molar-refractivity contribution >= 4 is 27.4 Å². The minimum absolute atomic E-state index is 0.0233. The van der Waals surface area contributed by atoms with Gasteiger partial charge in [-0.15, -0.1) is 0 Å². The molecule has 0 amide bonds. The van der Waals surface area contributed by atoms with Gasteiger partial charge in [-0.3, -0.25) is 4.31 Å². The molecule has 0 fully saturated rings. The summed E-state index contributed by atoms with van der Waals surface area (Å²) in [7, 11) is -4.06. The van der Waals surface area contributed by atoms with Gasteiger partial charge < -0.3 is 10.4 Å². The molecule has 2 N–H and O–H groups in total. The molecule has 35 heavy (non-hydrogen) atoms. The Morgan fingerprint density at radius 3 is 2.17 bits per heavy atom. The van der Waals surface area contributed by atoms with Gasteiger partial charge in [0, 0.05) is 12.6 Å². The number of hydrogen-bond donors (Lipinski definition) is 2. The second-order valence-corrected chi connectivity index (χ2v) is 9.93. The lowest BCUT2D eigenvalue weighted by atomic mass is 10.1. The standard InChI is InChI=1S/C25H25F3N2O4S/c1-17(2)30(35(33,34)21-6-4-3-5-7-21)23-13-12-20(25(26,27)28)16-22(23)29-15-14-18-8-10-19(11-9-18)24(31)32/h3-13,16-17,29H,14-15H2,1-2H3,(H,31,32). The fourth-order valence-corrected chi connectivity index (χ4v) is 5.29. The summed E-state index contributed by atoms with van der Waals surface area (Å²) < 4.78 is 68.3. The third-order valence-corrected chi connectivity index (χ3v) is 7.26. The zero-order valence-corrected chi connectivity index (χ0v) is 19.9. The summed E-state index contributed by atoms with van der Waals surface area (Å²) in [5, 5.41) is 12.0. The summed E-state index contributed by atoms with van der Waals surface area (Å²) in [6.45, 7) is 3.48. The Balaban J connectivity index is 1.96. The van der Waals surface area contributed by atoms with Crippen LogP contribution in [-0.2, 0) is 22.6 Å².